The van der Waals surface area contributed by atoms with Gasteiger partial charge in [0, 0.05) is 26.1 Å². The Morgan fingerprint density at radius 2 is 2.00 bits per heavy atom. The second kappa shape index (κ2) is 8.49. The summed E-state index contributed by atoms with van der Waals surface area (Å²) < 4.78 is 19.2. The number of alkyl halides is 1. The number of nitrogens with one attached hydrogen (secondary N) is 1. The van der Waals surface area contributed by atoms with Crippen molar-refractivity contribution in [3.8, 4) is 0 Å². The number of hydrogen-bond donors (Lipinski definition) is 1. The Hall–Kier alpha value is -2.15. The van der Waals surface area contributed by atoms with Gasteiger partial charge in [0.2, 0.25) is 5.91 Å². The van der Waals surface area contributed by atoms with Crippen molar-refractivity contribution in [1.82, 2.24) is 15.1 Å². The lowest BCUT2D eigenvalue weighted by Crippen LogP contribution is -2.50. The second-order valence-corrected chi connectivity index (χ2v) is 6.92. The van der Waals surface area contributed by atoms with Gasteiger partial charge < -0.3 is 19.9 Å². The fourth-order valence-corrected chi connectivity index (χ4v) is 3.51. The number of morpholine rings is 1. The molecule has 1 N–H and O–H groups in total. The number of urea groups is 1. The molecule has 26 heavy (non-hydrogen) atoms. The van der Waals surface area contributed by atoms with E-state index in [1.807, 2.05) is 31.2 Å². The number of nitrogens with zero attached hydrogens (tertiary/aromatic N) is 2. The average Bonchev–Trinajstić information content (AvgIpc) is 3.03. The van der Waals surface area contributed by atoms with Crippen LogP contribution in [0.3, 0.4) is 0 Å². The number of benzene rings is 1. The number of amides is 3. The predicted molar refractivity (Wildman–Crippen MR) is 95.7 cm³/mol. The first-order chi connectivity index (χ1) is 12.5. The van der Waals surface area contributed by atoms with Crippen molar-refractivity contribution in [3.05, 3.63) is 35.4 Å². The largest absolute Gasteiger partial charge is 0.378 e. The molecule has 2 aliphatic rings. The van der Waals surface area contributed by atoms with Crippen molar-refractivity contribution in [2.24, 2.45) is 0 Å². The molecule has 2 unspecified atom stereocenters. The van der Waals surface area contributed by atoms with Gasteiger partial charge in [0.25, 0.3) is 0 Å². The van der Waals surface area contributed by atoms with Gasteiger partial charge in [-0.05, 0) is 18.1 Å². The summed E-state index contributed by atoms with van der Waals surface area (Å²) in [5, 5.41) is 2.85. The van der Waals surface area contributed by atoms with Crippen LogP contribution in [0.15, 0.2) is 24.3 Å². The molecule has 0 spiro atoms. The van der Waals surface area contributed by atoms with Crippen molar-refractivity contribution >= 4 is 11.9 Å². The molecule has 2 aliphatic heterocycles. The average molecular weight is 363 g/mol. The van der Waals surface area contributed by atoms with E-state index < -0.39 is 6.17 Å². The maximum Gasteiger partial charge on any atom is 0.317 e. The molecule has 2 fully saturated rings. The Kier molecular flexibility index (Phi) is 6.08. The molecule has 2 saturated heterocycles. The van der Waals surface area contributed by atoms with Crippen molar-refractivity contribution in [3.63, 3.8) is 0 Å². The van der Waals surface area contributed by atoms with E-state index in [-0.39, 0.29) is 43.9 Å². The summed E-state index contributed by atoms with van der Waals surface area (Å²) in [7, 11) is 0. The highest BCUT2D eigenvalue weighted by molar-refractivity contribution is 5.80. The third-order valence-electron chi connectivity index (χ3n) is 5.07. The smallest absolute Gasteiger partial charge is 0.317 e. The van der Waals surface area contributed by atoms with Gasteiger partial charge in [-0.1, -0.05) is 24.3 Å². The van der Waals surface area contributed by atoms with Crippen LogP contribution in [0.25, 0.3) is 0 Å². The van der Waals surface area contributed by atoms with Crippen LogP contribution in [0.1, 0.15) is 17.5 Å². The van der Waals surface area contributed by atoms with Crippen LogP contribution in [0.2, 0.25) is 0 Å². The monoisotopic (exact) mass is 363 g/mol. The summed E-state index contributed by atoms with van der Waals surface area (Å²) in [6.45, 7) is 4.51. The molecular formula is C19H26FN3O3. The van der Waals surface area contributed by atoms with Gasteiger partial charge in [-0.15, -0.1) is 0 Å². The number of ether oxygens (including phenoxy) is 1. The first kappa shape index (κ1) is 18.6. The number of rotatable bonds is 4. The Morgan fingerprint density at radius 1 is 1.27 bits per heavy atom. The molecule has 0 bridgehead atoms. The van der Waals surface area contributed by atoms with Gasteiger partial charge in [0.1, 0.15) is 6.17 Å². The molecule has 2 heterocycles. The highest BCUT2D eigenvalue weighted by atomic mass is 19.1. The molecule has 2 atom stereocenters. The molecule has 0 radical (unpaired) electrons. The summed E-state index contributed by atoms with van der Waals surface area (Å²) in [6, 6.07) is 7.24. The summed E-state index contributed by atoms with van der Waals surface area (Å²) in [5.74, 6) is -0.0925. The van der Waals surface area contributed by atoms with Gasteiger partial charge in [-0.3, -0.25) is 4.79 Å². The number of aryl methyl sites for hydroxylation is 1. The van der Waals surface area contributed by atoms with Gasteiger partial charge in [0.05, 0.1) is 32.2 Å². The maximum absolute atomic E-state index is 13.9. The van der Waals surface area contributed by atoms with Gasteiger partial charge >= 0.3 is 6.03 Å². The number of halogens is 1. The van der Waals surface area contributed by atoms with Crippen molar-refractivity contribution < 1.29 is 18.7 Å². The first-order valence-corrected chi connectivity index (χ1v) is 9.13. The van der Waals surface area contributed by atoms with Crippen LogP contribution in [-0.2, 0) is 16.0 Å². The predicted octanol–water partition coefficient (Wildman–Crippen LogP) is 1.52. The molecule has 3 amide bonds. The lowest BCUT2D eigenvalue weighted by atomic mass is 10.1. The van der Waals surface area contributed by atoms with E-state index in [1.165, 1.54) is 0 Å². The molecule has 7 heteroatoms. The minimum atomic E-state index is -1.04. The lowest BCUT2D eigenvalue weighted by molar-refractivity contribution is -0.131. The van der Waals surface area contributed by atoms with Crippen LogP contribution >= 0.6 is 0 Å². The van der Waals surface area contributed by atoms with Gasteiger partial charge in [-0.25, -0.2) is 9.18 Å². The van der Waals surface area contributed by atoms with E-state index in [2.05, 4.69) is 5.32 Å². The Balaban J connectivity index is 1.56. The summed E-state index contributed by atoms with van der Waals surface area (Å²) in [5.41, 5.74) is 2.00. The summed E-state index contributed by atoms with van der Waals surface area (Å²) in [6.07, 6.45) is -0.517. The van der Waals surface area contributed by atoms with E-state index >= 15 is 0 Å². The minimum absolute atomic E-state index is 0.0925. The quantitative estimate of drug-likeness (QED) is 0.882. The first-order valence-electron chi connectivity index (χ1n) is 9.13. The SMILES string of the molecule is Cc1ccccc1CC(=O)N1CC(F)CC1CNC(=O)N1CCOCC1. The van der Waals surface area contributed by atoms with E-state index in [4.69, 9.17) is 4.74 Å². The fraction of sp³-hybridized carbons (Fsp3) is 0.579. The molecule has 0 aliphatic carbocycles. The molecule has 0 saturated carbocycles. The fourth-order valence-electron chi connectivity index (χ4n) is 3.51. The standard InChI is InChI=1S/C19H26FN3O3/c1-14-4-2-3-5-15(14)10-18(24)23-13-16(20)11-17(23)12-21-19(25)22-6-8-26-9-7-22/h2-5,16-17H,6-13H2,1H3,(H,21,25). The Labute approximate surface area is 153 Å². The zero-order valence-corrected chi connectivity index (χ0v) is 15.1. The summed E-state index contributed by atoms with van der Waals surface area (Å²) in [4.78, 5) is 28.2. The van der Waals surface area contributed by atoms with Crippen molar-refractivity contribution in [1.29, 1.82) is 0 Å². The van der Waals surface area contributed by atoms with Crippen LogP contribution in [0.5, 0.6) is 0 Å². The second-order valence-electron chi connectivity index (χ2n) is 6.92. The molecule has 142 valence electrons. The number of likely N-dealkylation sites (tertiary alicyclic amines) is 1. The number of hydrogen-bond acceptors (Lipinski definition) is 3. The molecule has 6 nitrogen and oxygen atoms in total. The maximum atomic E-state index is 13.9. The zero-order chi connectivity index (χ0) is 18.5. The van der Waals surface area contributed by atoms with E-state index in [9.17, 15) is 14.0 Å². The van der Waals surface area contributed by atoms with E-state index in [0.717, 1.165) is 11.1 Å². The van der Waals surface area contributed by atoms with Crippen molar-refractivity contribution in [2.45, 2.75) is 32.0 Å². The molecular weight excluding hydrogens is 337 g/mol. The minimum Gasteiger partial charge on any atom is -0.378 e. The van der Waals surface area contributed by atoms with Crippen LogP contribution < -0.4 is 5.32 Å². The van der Waals surface area contributed by atoms with Crippen molar-refractivity contribution in [2.75, 3.05) is 39.4 Å². The molecule has 3 rings (SSSR count). The van der Waals surface area contributed by atoms with Crippen LogP contribution in [0, 0.1) is 6.92 Å². The normalized spacial score (nSPS) is 23.2. The number of carbonyl (C=O) groups is 2. The van der Waals surface area contributed by atoms with E-state index in [1.54, 1.807) is 9.80 Å². The molecule has 1 aromatic rings. The molecule has 0 aromatic heterocycles. The van der Waals surface area contributed by atoms with Gasteiger partial charge in [0.15, 0.2) is 0 Å². The topological polar surface area (TPSA) is 61.9 Å². The molecule has 1 aromatic carbocycles. The van der Waals surface area contributed by atoms with Crippen LogP contribution in [0.4, 0.5) is 9.18 Å². The Morgan fingerprint density at radius 3 is 2.73 bits per heavy atom. The zero-order valence-electron chi connectivity index (χ0n) is 15.1. The van der Waals surface area contributed by atoms with Gasteiger partial charge in [-0.2, -0.15) is 0 Å². The summed E-state index contributed by atoms with van der Waals surface area (Å²) >= 11 is 0. The third kappa shape index (κ3) is 4.52. The highest BCUT2D eigenvalue weighted by Crippen LogP contribution is 2.22. The highest BCUT2D eigenvalue weighted by Gasteiger charge is 2.35. The van der Waals surface area contributed by atoms with Crippen LogP contribution in [-0.4, -0.2) is 73.3 Å². The van der Waals surface area contributed by atoms with E-state index in [0.29, 0.717) is 26.3 Å². The Bertz CT molecular complexity index is 649. The number of carbonyl (C=O) groups excluding carboxylic acids is 2. The lowest BCUT2D eigenvalue weighted by Gasteiger charge is -2.29. The third-order valence-corrected chi connectivity index (χ3v) is 5.07.